The third kappa shape index (κ3) is 13.6. The molecule has 6 atom stereocenters. The van der Waals surface area contributed by atoms with Gasteiger partial charge in [0.15, 0.2) is 6.29 Å². The van der Waals surface area contributed by atoms with Crippen molar-refractivity contribution >= 4 is 7.82 Å². The highest BCUT2D eigenvalue weighted by atomic mass is 31.2. The highest BCUT2D eigenvalue weighted by molar-refractivity contribution is 7.48. The molecule has 318 valence electrons. The molecule has 1 fully saturated rings. The molecule has 61 heavy (non-hydrogen) atoms. The van der Waals surface area contributed by atoms with E-state index in [4.69, 9.17) is 42.0 Å². The average molecular weight is 845 g/mol. The van der Waals surface area contributed by atoms with Crippen LogP contribution >= 0.6 is 7.82 Å². The highest BCUT2D eigenvalue weighted by Gasteiger charge is 2.52. The number of rotatable bonds is 23. The van der Waals surface area contributed by atoms with E-state index in [0.717, 1.165) is 33.4 Å². The summed E-state index contributed by atoms with van der Waals surface area (Å²) in [6, 6.07) is 58.4. The van der Waals surface area contributed by atoms with Crippen LogP contribution in [0.5, 0.6) is 0 Å². The predicted molar refractivity (Wildman–Crippen MR) is 232 cm³/mol. The zero-order valence-corrected chi connectivity index (χ0v) is 35.2. The molecule has 0 aromatic heterocycles. The topological polar surface area (TPSA) is 100 Å². The maximum atomic E-state index is 14.7. The molecule has 6 aromatic carbocycles. The fourth-order valence-corrected chi connectivity index (χ4v) is 8.10. The Morgan fingerprint density at radius 3 is 1.18 bits per heavy atom. The average Bonchev–Trinajstić information content (AvgIpc) is 3.33. The molecule has 7 rings (SSSR count). The standard InChI is InChI=1S/C50H53O10P/c1-52-50-49(56-35-42-26-14-5-15-27-42)48(55-34-41-24-12-4-13-25-41)47(54-33-40-22-10-3-11-23-40)46(60-50)45(53-32-39-20-8-2-9-21-39)38-59-61(51,57-36-43-28-16-6-17-29-43)58-37-44-30-18-7-19-31-44/h2-31,45-50H,32-38H2,1H3. The van der Waals surface area contributed by atoms with Crippen LogP contribution in [-0.4, -0.2) is 50.5 Å². The molecule has 0 amide bonds. The molecule has 0 N–H and O–H groups in total. The van der Waals surface area contributed by atoms with Gasteiger partial charge in [-0.25, -0.2) is 4.57 Å². The summed E-state index contributed by atoms with van der Waals surface area (Å²) in [6.45, 7) is 0.660. The maximum absolute atomic E-state index is 14.7. The molecule has 6 aromatic rings. The molecule has 0 spiro atoms. The van der Waals surface area contributed by atoms with E-state index < -0.39 is 44.6 Å². The normalized spacial score (nSPS) is 19.7. The lowest BCUT2D eigenvalue weighted by atomic mass is 9.94. The fraction of sp³-hybridized carbons (Fsp3) is 0.280. The van der Waals surface area contributed by atoms with Crippen LogP contribution in [-0.2, 0) is 86.2 Å². The minimum absolute atomic E-state index is 0.00717. The van der Waals surface area contributed by atoms with Crippen LogP contribution in [0.3, 0.4) is 0 Å². The molecule has 6 unspecified atom stereocenters. The molecule has 11 heteroatoms. The Morgan fingerprint density at radius 1 is 0.443 bits per heavy atom. The Balaban J connectivity index is 1.22. The van der Waals surface area contributed by atoms with E-state index in [-0.39, 0.29) is 46.2 Å². The van der Waals surface area contributed by atoms with Gasteiger partial charge in [0.2, 0.25) is 0 Å². The van der Waals surface area contributed by atoms with Crippen LogP contribution in [0.2, 0.25) is 0 Å². The monoisotopic (exact) mass is 844 g/mol. The van der Waals surface area contributed by atoms with Gasteiger partial charge in [0.1, 0.15) is 30.5 Å². The third-order valence-electron chi connectivity index (χ3n) is 10.2. The van der Waals surface area contributed by atoms with E-state index in [1.54, 1.807) is 7.11 Å². The van der Waals surface area contributed by atoms with E-state index in [0.29, 0.717) is 0 Å². The van der Waals surface area contributed by atoms with Gasteiger partial charge in [-0.3, -0.25) is 13.6 Å². The van der Waals surface area contributed by atoms with Gasteiger partial charge in [-0.05, 0) is 33.4 Å². The first kappa shape index (κ1) is 44.3. The molecule has 1 saturated heterocycles. The lowest BCUT2D eigenvalue weighted by Gasteiger charge is -2.47. The van der Waals surface area contributed by atoms with Crippen molar-refractivity contribution in [1.29, 1.82) is 0 Å². The molecule has 0 aliphatic carbocycles. The quantitative estimate of drug-likeness (QED) is 0.0580. The van der Waals surface area contributed by atoms with Crippen molar-refractivity contribution in [2.75, 3.05) is 13.7 Å². The lowest BCUT2D eigenvalue weighted by molar-refractivity contribution is -0.333. The van der Waals surface area contributed by atoms with E-state index in [1.165, 1.54) is 0 Å². The van der Waals surface area contributed by atoms with Crippen LogP contribution in [0.1, 0.15) is 33.4 Å². The van der Waals surface area contributed by atoms with Gasteiger partial charge < -0.3 is 28.4 Å². The number of phosphoric acid groups is 1. The smallest absolute Gasteiger partial charge is 0.368 e. The minimum Gasteiger partial charge on any atom is -0.368 e. The van der Waals surface area contributed by atoms with Gasteiger partial charge in [0.25, 0.3) is 0 Å². The van der Waals surface area contributed by atoms with Crippen molar-refractivity contribution in [3.05, 3.63) is 215 Å². The lowest BCUT2D eigenvalue weighted by Crippen LogP contribution is -2.64. The number of ether oxygens (including phenoxy) is 6. The van der Waals surface area contributed by atoms with Crippen molar-refractivity contribution in [2.45, 2.75) is 76.5 Å². The molecular weight excluding hydrogens is 792 g/mol. The summed E-state index contributed by atoms with van der Waals surface area (Å²) in [4.78, 5) is 0. The number of hydrogen-bond donors (Lipinski definition) is 0. The van der Waals surface area contributed by atoms with Gasteiger partial charge >= 0.3 is 7.82 Å². The largest absolute Gasteiger partial charge is 0.475 e. The summed E-state index contributed by atoms with van der Waals surface area (Å²) in [5.74, 6) is 0. The molecule has 1 heterocycles. The number of benzene rings is 6. The Morgan fingerprint density at radius 2 is 0.787 bits per heavy atom. The fourth-order valence-electron chi connectivity index (χ4n) is 6.93. The van der Waals surface area contributed by atoms with Gasteiger partial charge in [-0.2, -0.15) is 0 Å². The van der Waals surface area contributed by atoms with E-state index in [2.05, 4.69) is 0 Å². The summed E-state index contributed by atoms with van der Waals surface area (Å²) in [7, 11) is -2.68. The van der Waals surface area contributed by atoms with Crippen LogP contribution < -0.4 is 0 Å². The SMILES string of the molecule is COC1OC(C(COP(=O)(OCc2ccccc2)OCc2ccccc2)OCc2ccccc2)C(OCc2ccccc2)C(OCc2ccccc2)C1OCc1ccccc1. The first-order chi connectivity index (χ1) is 30.0. The van der Waals surface area contributed by atoms with Gasteiger partial charge in [0, 0.05) is 7.11 Å². The summed E-state index contributed by atoms with van der Waals surface area (Å²) in [5.41, 5.74) is 5.42. The zero-order chi connectivity index (χ0) is 42.0. The molecule has 1 aliphatic heterocycles. The molecule has 0 saturated carbocycles. The summed E-state index contributed by atoms with van der Waals surface area (Å²) in [6.07, 6.45) is -5.03. The van der Waals surface area contributed by atoms with Crippen molar-refractivity contribution < 1.29 is 46.6 Å². The molecular formula is C50H53O10P. The number of methoxy groups -OCH3 is 1. The van der Waals surface area contributed by atoms with Crippen molar-refractivity contribution in [1.82, 2.24) is 0 Å². The van der Waals surface area contributed by atoms with Crippen molar-refractivity contribution in [3.8, 4) is 0 Å². The summed E-state index contributed by atoms with van der Waals surface area (Å²) in [5, 5.41) is 0. The summed E-state index contributed by atoms with van der Waals surface area (Å²) >= 11 is 0. The zero-order valence-electron chi connectivity index (χ0n) is 34.3. The Kier molecular flexibility index (Phi) is 17.0. The molecule has 0 bridgehead atoms. The third-order valence-corrected chi connectivity index (χ3v) is 11.5. The Bertz CT molecular complexity index is 2100. The molecule has 0 radical (unpaired) electrons. The van der Waals surface area contributed by atoms with Gasteiger partial charge in [-0.1, -0.05) is 182 Å². The van der Waals surface area contributed by atoms with Crippen LogP contribution in [0.4, 0.5) is 0 Å². The van der Waals surface area contributed by atoms with Crippen molar-refractivity contribution in [3.63, 3.8) is 0 Å². The second-order valence-electron chi connectivity index (χ2n) is 14.6. The van der Waals surface area contributed by atoms with Crippen LogP contribution in [0, 0.1) is 0 Å². The van der Waals surface area contributed by atoms with E-state index in [1.807, 2.05) is 182 Å². The molecule has 1 aliphatic rings. The first-order valence-electron chi connectivity index (χ1n) is 20.5. The van der Waals surface area contributed by atoms with E-state index in [9.17, 15) is 4.57 Å². The Labute approximate surface area is 358 Å². The van der Waals surface area contributed by atoms with Crippen molar-refractivity contribution in [2.24, 2.45) is 0 Å². The van der Waals surface area contributed by atoms with Gasteiger partial charge in [0.05, 0.1) is 46.2 Å². The van der Waals surface area contributed by atoms with Crippen LogP contribution in [0.25, 0.3) is 0 Å². The minimum atomic E-state index is -4.24. The van der Waals surface area contributed by atoms with Gasteiger partial charge in [-0.15, -0.1) is 0 Å². The number of hydrogen-bond acceptors (Lipinski definition) is 10. The van der Waals surface area contributed by atoms with E-state index >= 15 is 0 Å². The number of phosphoric ester groups is 1. The first-order valence-corrected chi connectivity index (χ1v) is 21.9. The Hall–Kier alpha value is -4.81. The summed E-state index contributed by atoms with van der Waals surface area (Å²) < 4.78 is 73.1. The predicted octanol–water partition coefficient (Wildman–Crippen LogP) is 10.3. The second-order valence-corrected chi connectivity index (χ2v) is 16.3. The molecule has 10 nitrogen and oxygen atoms in total. The van der Waals surface area contributed by atoms with Crippen LogP contribution in [0.15, 0.2) is 182 Å². The highest BCUT2D eigenvalue weighted by Crippen LogP contribution is 2.51. The maximum Gasteiger partial charge on any atom is 0.475 e. The second kappa shape index (κ2) is 23.4.